The van der Waals surface area contributed by atoms with Gasteiger partial charge in [-0.3, -0.25) is 0 Å². The van der Waals surface area contributed by atoms with Gasteiger partial charge in [0.05, 0.1) is 0 Å². The predicted molar refractivity (Wildman–Crippen MR) is 59.5 cm³/mol. The van der Waals surface area contributed by atoms with Crippen LogP contribution in [-0.2, 0) is 0 Å². The van der Waals surface area contributed by atoms with Gasteiger partial charge in [0.2, 0.25) is 0 Å². The average Bonchev–Trinajstić information content (AvgIpc) is 1.94. The number of hydrogen-bond acceptors (Lipinski definition) is 1. The Balaban J connectivity index is 3.05. The van der Waals surface area contributed by atoms with Crippen LogP contribution in [0, 0.1) is 3.57 Å². The van der Waals surface area contributed by atoms with E-state index in [4.69, 9.17) is 5.73 Å². The zero-order valence-electron chi connectivity index (χ0n) is 6.14. The maximum absolute atomic E-state index is 5.71. The van der Waals surface area contributed by atoms with Crippen LogP contribution in [0.4, 0.5) is 0 Å². The van der Waals surface area contributed by atoms with Gasteiger partial charge in [0.15, 0.2) is 0 Å². The molecule has 0 saturated carbocycles. The van der Waals surface area contributed by atoms with Crippen LogP contribution >= 0.6 is 38.5 Å². The molecule has 0 heterocycles. The van der Waals surface area contributed by atoms with Gasteiger partial charge in [0.1, 0.15) is 0 Å². The van der Waals surface area contributed by atoms with Gasteiger partial charge in [-0.15, -0.1) is 0 Å². The molecule has 0 aliphatic heterocycles. The van der Waals surface area contributed by atoms with E-state index in [1.54, 1.807) is 0 Å². The first-order valence-corrected chi connectivity index (χ1v) is 5.19. The summed E-state index contributed by atoms with van der Waals surface area (Å²) in [6, 6.07) is 6.29. The van der Waals surface area contributed by atoms with E-state index < -0.39 is 0 Å². The molecule has 1 nitrogen and oxygen atoms in total. The molecule has 1 rings (SSSR count). The molecule has 1 unspecified atom stereocenters. The largest absolute Gasteiger partial charge is 0.324 e. The predicted octanol–water partition coefficient (Wildman–Crippen LogP) is 3.07. The molecule has 1 aromatic rings. The quantitative estimate of drug-likeness (QED) is 0.789. The van der Waals surface area contributed by atoms with Crippen molar-refractivity contribution in [2.45, 2.75) is 13.0 Å². The second-order valence-corrected chi connectivity index (χ2v) is 4.48. The molecular formula is C8H9BrIN. The minimum absolute atomic E-state index is 0.114. The van der Waals surface area contributed by atoms with Crippen LogP contribution < -0.4 is 5.73 Å². The molecular weight excluding hydrogens is 317 g/mol. The van der Waals surface area contributed by atoms with E-state index >= 15 is 0 Å². The lowest BCUT2D eigenvalue weighted by Gasteiger charge is -2.05. The third-order valence-corrected chi connectivity index (χ3v) is 3.81. The van der Waals surface area contributed by atoms with E-state index in [1.807, 2.05) is 6.92 Å². The second-order valence-electron chi connectivity index (χ2n) is 2.46. The highest BCUT2D eigenvalue weighted by Gasteiger charge is 2.01. The molecule has 0 aliphatic carbocycles. The van der Waals surface area contributed by atoms with Gasteiger partial charge in [-0.2, -0.15) is 0 Å². The van der Waals surface area contributed by atoms with Crippen LogP contribution in [0.25, 0.3) is 0 Å². The van der Waals surface area contributed by atoms with Crippen molar-refractivity contribution in [1.82, 2.24) is 0 Å². The molecule has 0 radical (unpaired) electrons. The fourth-order valence-corrected chi connectivity index (χ4v) is 1.53. The summed E-state index contributed by atoms with van der Waals surface area (Å²) in [6.07, 6.45) is 0. The first kappa shape index (κ1) is 9.48. The summed E-state index contributed by atoms with van der Waals surface area (Å²) in [7, 11) is 0. The molecule has 2 N–H and O–H groups in total. The molecule has 0 bridgehead atoms. The van der Waals surface area contributed by atoms with Gasteiger partial charge in [0.25, 0.3) is 0 Å². The Morgan fingerprint density at radius 1 is 1.55 bits per heavy atom. The molecule has 1 atom stereocenters. The third-order valence-electron chi connectivity index (χ3n) is 1.47. The molecule has 0 fully saturated rings. The van der Waals surface area contributed by atoms with Gasteiger partial charge in [-0.1, -0.05) is 6.07 Å². The van der Waals surface area contributed by atoms with Crippen molar-refractivity contribution in [2.24, 2.45) is 5.73 Å². The number of halogens is 2. The fourth-order valence-electron chi connectivity index (χ4n) is 0.796. The van der Waals surface area contributed by atoms with Crippen molar-refractivity contribution in [3.05, 3.63) is 31.8 Å². The summed E-state index contributed by atoms with van der Waals surface area (Å²) in [4.78, 5) is 0. The molecule has 0 amide bonds. The molecule has 0 spiro atoms. The Kier molecular flexibility index (Phi) is 3.33. The monoisotopic (exact) mass is 325 g/mol. The Bertz CT molecular complexity index is 260. The first-order valence-electron chi connectivity index (χ1n) is 3.32. The van der Waals surface area contributed by atoms with Crippen molar-refractivity contribution in [3.63, 3.8) is 0 Å². The van der Waals surface area contributed by atoms with E-state index in [-0.39, 0.29) is 6.04 Å². The number of nitrogens with two attached hydrogens (primary N) is 1. The van der Waals surface area contributed by atoms with E-state index in [0.29, 0.717) is 0 Å². The van der Waals surface area contributed by atoms with E-state index in [1.165, 1.54) is 3.57 Å². The van der Waals surface area contributed by atoms with Crippen LogP contribution in [0.5, 0.6) is 0 Å². The average molecular weight is 326 g/mol. The number of rotatable bonds is 1. The zero-order chi connectivity index (χ0) is 8.43. The standard InChI is InChI=1S/C8H9BrIN/c1-5(11)6-2-3-8(10)7(9)4-6/h2-5H,11H2,1H3. The lowest BCUT2D eigenvalue weighted by atomic mass is 10.1. The van der Waals surface area contributed by atoms with Crippen LogP contribution in [-0.4, -0.2) is 0 Å². The lowest BCUT2D eigenvalue weighted by molar-refractivity contribution is 0.817. The first-order chi connectivity index (χ1) is 5.11. The van der Waals surface area contributed by atoms with E-state index in [2.05, 4.69) is 56.7 Å². The van der Waals surface area contributed by atoms with Gasteiger partial charge in [-0.05, 0) is 63.1 Å². The molecule has 60 valence electrons. The SMILES string of the molecule is CC(N)c1ccc(I)c(Br)c1. The molecule has 1 aromatic carbocycles. The van der Waals surface area contributed by atoms with Crippen molar-refractivity contribution in [3.8, 4) is 0 Å². The van der Waals surface area contributed by atoms with Crippen molar-refractivity contribution >= 4 is 38.5 Å². The Morgan fingerprint density at radius 3 is 2.64 bits per heavy atom. The fraction of sp³-hybridized carbons (Fsp3) is 0.250. The summed E-state index contributed by atoms with van der Waals surface area (Å²) >= 11 is 5.73. The number of hydrogen-bond donors (Lipinski definition) is 1. The van der Waals surface area contributed by atoms with E-state index in [9.17, 15) is 0 Å². The highest BCUT2D eigenvalue weighted by Crippen LogP contribution is 2.22. The summed E-state index contributed by atoms with van der Waals surface area (Å²) < 4.78 is 2.33. The second kappa shape index (κ2) is 3.87. The normalized spacial score (nSPS) is 13.1. The molecule has 11 heavy (non-hydrogen) atoms. The van der Waals surface area contributed by atoms with Crippen LogP contribution in [0.15, 0.2) is 22.7 Å². The Labute approximate surface area is 88.6 Å². The number of benzene rings is 1. The summed E-state index contributed by atoms with van der Waals surface area (Å²) in [5.41, 5.74) is 6.87. The summed E-state index contributed by atoms with van der Waals surface area (Å²) in [5.74, 6) is 0. The van der Waals surface area contributed by atoms with Gasteiger partial charge in [-0.25, -0.2) is 0 Å². The Morgan fingerprint density at radius 2 is 2.18 bits per heavy atom. The van der Waals surface area contributed by atoms with Gasteiger partial charge < -0.3 is 5.73 Å². The highest BCUT2D eigenvalue weighted by atomic mass is 127. The minimum atomic E-state index is 0.114. The highest BCUT2D eigenvalue weighted by molar-refractivity contribution is 14.1. The van der Waals surface area contributed by atoms with Crippen LogP contribution in [0.3, 0.4) is 0 Å². The topological polar surface area (TPSA) is 26.0 Å². The van der Waals surface area contributed by atoms with Crippen LogP contribution in [0.1, 0.15) is 18.5 Å². The smallest absolute Gasteiger partial charge is 0.0312 e. The summed E-state index contributed by atoms with van der Waals surface area (Å²) in [5, 5.41) is 0. The van der Waals surface area contributed by atoms with E-state index in [0.717, 1.165) is 10.0 Å². The molecule has 3 heteroatoms. The van der Waals surface area contributed by atoms with Crippen molar-refractivity contribution in [2.75, 3.05) is 0 Å². The maximum atomic E-state index is 5.71. The van der Waals surface area contributed by atoms with Crippen molar-refractivity contribution < 1.29 is 0 Å². The lowest BCUT2D eigenvalue weighted by Crippen LogP contribution is -2.04. The summed E-state index contributed by atoms with van der Waals surface area (Å²) in [6.45, 7) is 1.98. The molecule has 0 saturated heterocycles. The van der Waals surface area contributed by atoms with Crippen molar-refractivity contribution in [1.29, 1.82) is 0 Å². The maximum Gasteiger partial charge on any atom is 0.0312 e. The van der Waals surface area contributed by atoms with Gasteiger partial charge in [0, 0.05) is 14.1 Å². The zero-order valence-corrected chi connectivity index (χ0v) is 9.89. The molecule has 0 aromatic heterocycles. The van der Waals surface area contributed by atoms with Gasteiger partial charge >= 0.3 is 0 Å². The van der Waals surface area contributed by atoms with Crippen LogP contribution in [0.2, 0.25) is 0 Å². The Hall–Kier alpha value is 0.390. The third kappa shape index (κ3) is 2.42. The molecule has 0 aliphatic rings. The minimum Gasteiger partial charge on any atom is -0.324 e.